The van der Waals surface area contributed by atoms with Gasteiger partial charge in [0.15, 0.2) is 5.82 Å². The maximum absolute atomic E-state index is 14.7. The van der Waals surface area contributed by atoms with Crippen molar-refractivity contribution < 1.29 is 13.5 Å². The molecule has 1 aliphatic heterocycles. The van der Waals surface area contributed by atoms with Gasteiger partial charge >= 0.3 is 0 Å². The summed E-state index contributed by atoms with van der Waals surface area (Å²) in [5.41, 5.74) is 0.388. The minimum Gasteiger partial charge on any atom is -0.485 e. The van der Waals surface area contributed by atoms with Gasteiger partial charge in [-0.05, 0) is 13.0 Å². The standard InChI is InChI=1S/C16H13F2N5O2/c1-8-7-25-13-4-10(17)11(5-12(13)21(8)3)23-15(24)6-14(18)22-9(2)19-20-16(22)23/h4-6H,1,7H2,2-3H3. The molecular formula is C16H13F2N5O2. The molecule has 0 saturated carbocycles. The number of fused-ring (bicyclic) bond motifs is 2. The zero-order valence-corrected chi connectivity index (χ0v) is 13.5. The number of likely N-dealkylation sites (N-methyl/N-ethyl adjacent to an activating group) is 1. The maximum atomic E-state index is 14.7. The molecule has 0 unspecified atom stereocenters. The Hall–Kier alpha value is -3.23. The molecule has 25 heavy (non-hydrogen) atoms. The maximum Gasteiger partial charge on any atom is 0.262 e. The predicted octanol–water partition coefficient (Wildman–Crippen LogP) is 1.81. The predicted molar refractivity (Wildman–Crippen MR) is 86.3 cm³/mol. The summed E-state index contributed by atoms with van der Waals surface area (Å²) in [7, 11) is 1.76. The molecule has 9 heteroatoms. The average molecular weight is 345 g/mol. The lowest BCUT2D eigenvalue weighted by molar-refractivity contribution is 0.336. The Morgan fingerprint density at radius 1 is 1.20 bits per heavy atom. The van der Waals surface area contributed by atoms with E-state index < -0.39 is 17.3 Å². The van der Waals surface area contributed by atoms with Crippen LogP contribution in [-0.2, 0) is 0 Å². The molecule has 3 aromatic rings. The van der Waals surface area contributed by atoms with E-state index in [0.29, 0.717) is 17.1 Å². The number of benzene rings is 1. The summed E-state index contributed by atoms with van der Waals surface area (Å²) in [6.07, 6.45) is 0. The molecule has 0 fully saturated rings. The lowest BCUT2D eigenvalue weighted by Gasteiger charge is -2.30. The van der Waals surface area contributed by atoms with Crippen LogP contribution < -0.4 is 15.2 Å². The van der Waals surface area contributed by atoms with E-state index in [1.54, 1.807) is 11.9 Å². The van der Waals surface area contributed by atoms with E-state index in [9.17, 15) is 13.6 Å². The molecule has 0 radical (unpaired) electrons. The lowest BCUT2D eigenvalue weighted by atomic mass is 10.2. The van der Waals surface area contributed by atoms with Gasteiger partial charge in [0.1, 0.15) is 18.2 Å². The Morgan fingerprint density at radius 2 is 1.96 bits per heavy atom. The Balaban J connectivity index is 2.05. The molecule has 0 spiro atoms. The fraction of sp³-hybridized carbons (Fsp3) is 0.188. The van der Waals surface area contributed by atoms with Crippen LogP contribution in [0, 0.1) is 18.7 Å². The number of anilines is 1. The van der Waals surface area contributed by atoms with Crippen molar-refractivity contribution in [1.29, 1.82) is 0 Å². The SMILES string of the molecule is C=C1COc2cc(F)c(-n3c(=O)cc(F)n4c(C)nnc34)cc2N1C. The van der Waals surface area contributed by atoms with E-state index in [1.807, 2.05) is 0 Å². The van der Waals surface area contributed by atoms with Crippen LogP contribution in [0.4, 0.5) is 14.5 Å². The molecule has 128 valence electrons. The lowest BCUT2D eigenvalue weighted by Crippen LogP contribution is -2.27. The third-order valence-electron chi connectivity index (χ3n) is 4.18. The molecule has 4 rings (SSSR count). The van der Waals surface area contributed by atoms with E-state index in [1.165, 1.54) is 19.1 Å². The van der Waals surface area contributed by atoms with E-state index in [0.717, 1.165) is 15.0 Å². The van der Waals surface area contributed by atoms with Crippen molar-refractivity contribution in [3.05, 3.63) is 58.4 Å². The van der Waals surface area contributed by atoms with Crippen LogP contribution in [-0.4, -0.2) is 32.8 Å². The van der Waals surface area contributed by atoms with Gasteiger partial charge in [-0.2, -0.15) is 4.39 Å². The molecule has 0 atom stereocenters. The van der Waals surface area contributed by atoms with Gasteiger partial charge in [-0.1, -0.05) is 6.58 Å². The largest absolute Gasteiger partial charge is 0.485 e. The highest BCUT2D eigenvalue weighted by Gasteiger charge is 2.24. The van der Waals surface area contributed by atoms with Crippen molar-refractivity contribution in [2.45, 2.75) is 6.92 Å². The van der Waals surface area contributed by atoms with Gasteiger partial charge in [-0.15, -0.1) is 10.2 Å². The van der Waals surface area contributed by atoms with Crippen molar-refractivity contribution >= 4 is 11.5 Å². The van der Waals surface area contributed by atoms with Crippen LogP contribution in [0.25, 0.3) is 11.5 Å². The van der Waals surface area contributed by atoms with Crippen LogP contribution in [0.15, 0.2) is 35.3 Å². The third kappa shape index (κ3) is 2.12. The molecule has 0 amide bonds. The first-order valence-electron chi connectivity index (χ1n) is 7.40. The summed E-state index contributed by atoms with van der Waals surface area (Å²) in [5, 5.41) is 7.58. The molecule has 0 N–H and O–H groups in total. The molecule has 3 heterocycles. The topological polar surface area (TPSA) is 64.7 Å². The zero-order chi connectivity index (χ0) is 17.9. The number of aryl methyl sites for hydroxylation is 1. The van der Waals surface area contributed by atoms with E-state index in [4.69, 9.17) is 4.74 Å². The third-order valence-corrected chi connectivity index (χ3v) is 4.18. The molecule has 1 aromatic carbocycles. The molecular weight excluding hydrogens is 332 g/mol. The second-order valence-electron chi connectivity index (χ2n) is 5.71. The Kier molecular flexibility index (Phi) is 3.14. The van der Waals surface area contributed by atoms with Crippen LogP contribution in [0.1, 0.15) is 5.82 Å². The second-order valence-corrected chi connectivity index (χ2v) is 5.71. The average Bonchev–Trinajstić information content (AvgIpc) is 2.94. The summed E-state index contributed by atoms with van der Waals surface area (Å²) in [6, 6.07) is 3.39. The Bertz CT molecular complexity index is 1100. The van der Waals surface area contributed by atoms with Crippen molar-refractivity contribution in [1.82, 2.24) is 19.2 Å². The van der Waals surface area contributed by atoms with Crippen LogP contribution >= 0.6 is 0 Å². The number of hydrogen-bond acceptors (Lipinski definition) is 5. The molecule has 7 nitrogen and oxygen atoms in total. The first-order chi connectivity index (χ1) is 11.9. The van der Waals surface area contributed by atoms with Gasteiger partial charge in [-0.25, -0.2) is 13.4 Å². The summed E-state index contributed by atoms with van der Waals surface area (Å²) in [4.78, 5) is 14.1. The van der Waals surface area contributed by atoms with E-state index in [-0.39, 0.29) is 23.9 Å². The molecule has 0 saturated heterocycles. The number of hydrogen-bond donors (Lipinski definition) is 0. The normalized spacial score (nSPS) is 13.9. The highest BCUT2D eigenvalue weighted by atomic mass is 19.1. The summed E-state index contributed by atoms with van der Waals surface area (Å²) in [5.74, 6) is -1.05. The summed E-state index contributed by atoms with van der Waals surface area (Å²) in [6.45, 7) is 5.64. The van der Waals surface area contributed by atoms with Gasteiger partial charge in [-0.3, -0.25) is 4.79 Å². The number of rotatable bonds is 1. The van der Waals surface area contributed by atoms with Crippen LogP contribution in [0.2, 0.25) is 0 Å². The monoisotopic (exact) mass is 345 g/mol. The quantitative estimate of drug-likeness (QED) is 0.630. The number of ether oxygens (including phenoxy) is 1. The first kappa shape index (κ1) is 15.3. The van der Waals surface area contributed by atoms with Crippen LogP contribution in [0.5, 0.6) is 5.75 Å². The van der Waals surface area contributed by atoms with Gasteiger partial charge in [0, 0.05) is 18.8 Å². The Labute approximate surface area is 140 Å². The molecule has 1 aliphatic rings. The highest BCUT2D eigenvalue weighted by molar-refractivity contribution is 5.68. The molecule has 0 aliphatic carbocycles. The zero-order valence-electron chi connectivity index (χ0n) is 13.5. The van der Waals surface area contributed by atoms with Crippen LogP contribution in [0.3, 0.4) is 0 Å². The molecule has 0 bridgehead atoms. The number of halogens is 2. The van der Waals surface area contributed by atoms with Gasteiger partial charge in [0.05, 0.1) is 17.4 Å². The van der Waals surface area contributed by atoms with Gasteiger partial charge in [0.25, 0.3) is 5.56 Å². The Morgan fingerprint density at radius 3 is 2.72 bits per heavy atom. The van der Waals surface area contributed by atoms with Gasteiger partial charge in [0.2, 0.25) is 11.7 Å². The van der Waals surface area contributed by atoms with Crippen molar-refractivity contribution in [3.8, 4) is 11.4 Å². The molecule has 2 aromatic heterocycles. The fourth-order valence-electron chi connectivity index (χ4n) is 2.81. The smallest absolute Gasteiger partial charge is 0.262 e. The first-order valence-corrected chi connectivity index (χ1v) is 7.40. The van der Waals surface area contributed by atoms with Crippen molar-refractivity contribution in [2.75, 3.05) is 18.6 Å². The van der Waals surface area contributed by atoms with Crippen molar-refractivity contribution in [2.24, 2.45) is 0 Å². The minimum absolute atomic E-state index is 0.0775. The van der Waals surface area contributed by atoms with E-state index >= 15 is 0 Å². The van der Waals surface area contributed by atoms with E-state index in [2.05, 4.69) is 16.8 Å². The van der Waals surface area contributed by atoms with Crippen molar-refractivity contribution in [3.63, 3.8) is 0 Å². The van der Waals surface area contributed by atoms with Gasteiger partial charge < -0.3 is 9.64 Å². The second kappa shape index (κ2) is 5.13. The summed E-state index contributed by atoms with van der Waals surface area (Å²) >= 11 is 0. The number of aromatic nitrogens is 4. The fourth-order valence-corrected chi connectivity index (χ4v) is 2.81. The summed E-state index contributed by atoms with van der Waals surface area (Å²) < 4.78 is 36.2. The number of nitrogens with zero attached hydrogens (tertiary/aromatic N) is 5. The highest BCUT2D eigenvalue weighted by Crippen LogP contribution is 2.37. The minimum atomic E-state index is -0.814.